The maximum atomic E-state index is 10.0. The Bertz CT molecular complexity index is 336. The highest BCUT2D eigenvalue weighted by Crippen LogP contribution is 2.30. The zero-order valence-corrected chi connectivity index (χ0v) is 10.3. The predicted molar refractivity (Wildman–Crippen MR) is 66.4 cm³/mol. The van der Waals surface area contributed by atoms with Gasteiger partial charge in [0.2, 0.25) is 0 Å². The molecule has 88 valence electrons. The lowest BCUT2D eigenvalue weighted by molar-refractivity contribution is -0.126. The van der Waals surface area contributed by atoms with Crippen LogP contribution in [0, 0.1) is 0 Å². The van der Waals surface area contributed by atoms with Gasteiger partial charge >= 0.3 is 0 Å². The van der Waals surface area contributed by atoms with Crippen LogP contribution in [-0.2, 0) is 6.42 Å². The van der Waals surface area contributed by atoms with E-state index in [0.717, 1.165) is 6.42 Å². The molecule has 0 bridgehead atoms. The van der Waals surface area contributed by atoms with Gasteiger partial charge in [0.15, 0.2) is 0 Å². The number of benzene rings is 1. The zero-order chi connectivity index (χ0) is 11.7. The molecule has 1 heterocycles. The van der Waals surface area contributed by atoms with Crippen LogP contribution in [0.4, 0.5) is 0 Å². The molecule has 2 nitrogen and oxygen atoms in total. The standard InChI is InChI=1S/C14H21NO/c1-10(2)15-11(3)14(16)13(15)9-12-7-5-4-6-8-12/h4-8,10-11,13-14,16H,9H2,1-3H3/t11-,13+,14-/m1/s1. The van der Waals surface area contributed by atoms with E-state index in [9.17, 15) is 5.11 Å². The average Bonchev–Trinajstić information content (AvgIpc) is 2.28. The van der Waals surface area contributed by atoms with Crippen molar-refractivity contribution in [2.24, 2.45) is 0 Å². The second kappa shape index (κ2) is 4.56. The number of nitrogens with zero attached hydrogens (tertiary/aromatic N) is 1. The second-order valence-corrected chi connectivity index (χ2v) is 5.03. The third-order valence-corrected chi connectivity index (χ3v) is 3.63. The van der Waals surface area contributed by atoms with Crippen LogP contribution in [0.1, 0.15) is 26.3 Å². The molecule has 1 aromatic carbocycles. The molecule has 2 rings (SSSR count). The molecule has 0 unspecified atom stereocenters. The van der Waals surface area contributed by atoms with Crippen LogP contribution in [-0.4, -0.2) is 34.2 Å². The zero-order valence-electron chi connectivity index (χ0n) is 10.3. The first-order chi connectivity index (χ1) is 7.61. The molecule has 0 aliphatic carbocycles. The number of likely N-dealkylation sites (tertiary alicyclic amines) is 1. The molecule has 1 saturated heterocycles. The van der Waals surface area contributed by atoms with Gasteiger partial charge in [-0.05, 0) is 32.8 Å². The molecular weight excluding hydrogens is 198 g/mol. The Kier molecular flexibility index (Phi) is 3.31. The first-order valence-electron chi connectivity index (χ1n) is 6.10. The lowest BCUT2D eigenvalue weighted by Gasteiger charge is -2.54. The number of hydrogen-bond acceptors (Lipinski definition) is 2. The van der Waals surface area contributed by atoms with Gasteiger partial charge in [-0.2, -0.15) is 0 Å². The number of aliphatic hydroxyl groups is 1. The van der Waals surface area contributed by atoms with E-state index in [-0.39, 0.29) is 12.1 Å². The lowest BCUT2D eigenvalue weighted by atomic mass is 9.84. The van der Waals surface area contributed by atoms with Crippen LogP contribution in [0.3, 0.4) is 0 Å². The van der Waals surface area contributed by atoms with Crippen molar-refractivity contribution >= 4 is 0 Å². The summed E-state index contributed by atoms with van der Waals surface area (Å²) in [7, 11) is 0. The first-order valence-corrected chi connectivity index (χ1v) is 6.10. The largest absolute Gasteiger partial charge is 0.390 e. The van der Waals surface area contributed by atoms with E-state index in [0.29, 0.717) is 12.1 Å². The van der Waals surface area contributed by atoms with E-state index in [2.05, 4.69) is 49.9 Å². The van der Waals surface area contributed by atoms with Crippen molar-refractivity contribution in [3.05, 3.63) is 35.9 Å². The smallest absolute Gasteiger partial charge is 0.0851 e. The molecule has 0 radical (unpaired) electrons. The minimum absolute atomic E-state index is 0.178. The Morgan fingerprint density at radius 3 is 2.44 bits per heavy atom. The Morgan fingerprint density at radius 1 is 1.25 bits per heavy atom. The van der Waals surface area contributed by atoms with Gasteiger partial charge < -0.3 is 5.11 Å². The topological polar surface area (TPSA) is 23.5 Å². The van der Waals surface area contributed by atoms with Gasteiger partial charge in [-0.1, -0.05) is 30.3 Å². The molecule has 0 saturated carbocycles. The normalized spacial score (nSPS) is 30.4. The molecular formula is C14H21NO. The summed E-state index contributed by atoms with van der Waals surface area (Å²) in [6, 6.07) is 11.5. The van der Waals surface area contributed by atoms with Crippen LogP contribution in [0.5, 0.6) is 0 Å². The van der Waals surface area contributed by atoms with Gasteiger partial charge in [-0.3, -0.25) is 4.90 Å². The first kappa shape index (κ1) is 11.6. The maximum Gasteiger partial charge on any atom is 0.0851 e. The molecule has 1 aliphatic rings. The highest BCUT2D eigenvalue weighted by molar-refractivity contribution is 5.18. The summed E-state index contributed by atoms with van der Waals surface area (Å²) in [6.07, 6.45) is 0.771. The molecule has 2 heteroatoms. The summed E-state index contributed by atoms with van der Waals surface area (Å²) in [4.78, 5) is 2.40. The van der Waals surface area contributed by atoms with Crippen LogP contribution in [0.25, 0.3) is 0 Å². The van der Waals surface area contributed by atoms with E-state index < -0.39 is 0 Å². The number of hydrogen-bond donors (Lipinski definition) is 1. The fraction of sp³-hybridized carbons (Fsp3) is 0.571. The van der Waals surface area contributed by atoms with E-state index >= 15 is 0 Å². The lowest BCUT2D eigenvalue weighted by Crippen LogP contribution is -2.69. The minimum atomic E-state index is -0.178. The maximum absolute atomic E-state index is 10.0. The van der Waals surface area contributed by atoms with Crippen LogP contribution in [0.15, 0.2) is 30.3 Å². The van der Waals surface area contributed by atoms with Crippen LogP contribution >= 0.6 is 0 Å². The van der Waals surface area contributed by atoms with E-state index in [1.807, 2.05) is 6.07 Å². The van der Waals surface area contributed by atoms with Gasteiger partial charge in [0.05, 0.1) is 6.10 Å². The fourth-order valence-electron chi connectivity index (χ4n) is 2.81. The van der Waals surface area contributed by atoms with Crippen molar-refractivity contribution in [3.8, 4) is 0 Å². The Labute approximate surface area is 97.9 Å². The third kappa shape index (κ3) is 2.00. The van der Waals surface area contributed by atoms with E-state index in [4.69, 9.17) is 0 Å². The summed E-state index contributed by atoms with van der Waals surface area (Å²) in [5.41, 5.74) is 1.31. The van der Waals surface area contributed by atoms with E-state index in [1.54, 1.807) is 0 Å². The predicted octanol–water partition coefficient (Wildman–Crippen LogP) is 2.07. The van der Waals surface area contributed by atoms with Crippen molar-refractivity contribution < 1.29 is 5.11 Å². The average molecular weight is 219 g/mol. The van der Waals surface area contributed by atoms with Crippen molar-refractivity contribution in [1.82, 2.24) is 4.90 Å². The summed E-state index contributed by atoms with van der Waals surface area (Å²) in [6.45, 7) is 6.49. The van der Waals surface area contributed by atoms with Gasteiger partial charge in [0.25, 0.3) is 0 Å². The van der Waals surface area contributed by atoms with E-state index in [1.165, 1.54) is 5.56 Å². The third-order valence-electron chi connectivity index (χ3n) is 3.63. The Balaban J connectivity index is 2.05. The monoisotopic (exact) mass is 219 g/mol. The summed E-state index contributed by atoms with van der Waals surface area (Å²) >= 11 is 0. The van der Waals surface area contributed by atoms with Crippen LogP contribution in [0.2, 0.25) is 0 Å². The molecule has 16 heavy (non-hydrogen) atoms. The van der Waals surface area contributed by atoms with Gasteiger partial charge in [0.1, 0.15) is 0 Å². The van der Waals surface area contributed by atoms with Crippen molar-refractivity contribution in [1.29, 1.82) is 0 Å². The molecule has 0 amide bonds. The Morgan fingerprint density at radius 2 is 1.88 bits per heavy atom. The summed E-state index contributed by atoms with van der Waals surface area (Å²) in [5, 5.41) is 10.0. The summed E-state index contributed by atoms with van der Waals surface area (Å²) < 4.78 is 0. The van der Waals surface area contributed by atoms with Gasteiger partial charge in [0, 0.05) is 18.1 Å². The molecule has 1 fully saturated rings. The molecule has 0 aromatic heterocycles. The highest BCUT2D eigenvalue weighted by Gasteiger charge is 2.45. The Hall–Kier alpha value is -0.860. The molecule has 1 aromatic rings. The SMILES string of the molecule is CC(C)N1[C@H](C)[C@@H](O)[C@@H]1Cc1ccccc1. The minimum Gasteiger partial charge on any atom is -0.390 e. The quantitative estimate of drug-likeness (QED) is 0.841. The summed E-state index contributed by atoms with van der Waals surface area (Å²) in [5.74, 6) is 0. The van der Waals surface area contributed by atoms with Gasteiger partial charge in [-0.25, -0.2) is 0 Å². The molecule has 1 aliphatic heterocycles. The van der Waals surface area contributed by atoms with Crippen molar-refractivity contribution in [2.45, 2.75) is 51.4 Å². The number of rotatable bonds is 3. The van der Waals surface area contributed by atoms with Gasteiger partial charge in [-0.15, -0.1) is 0 Å². The van der Waals surface area contributed by atoms with Crippen molar-refractivity contribution in [3.63, 3.8) is 0 Å². The molecule has 1 N–H and O–H groups in total. The van der Waals surface area contributed by atoms with Crippen molar-refractivity contribution in [2.75, 3.05) is 0 Å². The highest BCUT2D eigenvalue weighted by atomic mass is 16.3. The second-order valence-electron chi connectivity index (χ2n) is 5.03. The fourth-order valence-corrected chi connectivity index (χ4v) is 2.81. The number of aliphatic hydroxyl groups excluding tert-OH is 1. The molecule has 0 spiro atoms. The van der Waals surface area contributed by atoms with Crippen LogP contribution < -0.4 is 0 Å². The molecule has 3 atom stereocenters.